The standard InChI is InChI=1S/C8H7F4NO/c9-2-4(13)6-5(14)1-3(10)7(11)8(6)12/h1,4,14H,2,13H2/t4-/m0/s1. The molecule has 1 atom stereocenters. The molecule has 6 heteroatoms. The fourth-order valence-corrected chi connectivity index (χ4v) is 1.03. The van der Waals surface area contributed by atoms with Gasteiger partial charge in [0.15, 0.2) is 17.5 Å². The van der Waals surface area contributed by atoms with E-state index in [0.717, 1.165) is 0 Å². The van der Waals surface area contributed by atoms with Crippen molar-refractivity contribution in [3.63, 3.8) is 0 Å². The fraction of sp³-hybridized carbons (Fsp3) is 0.250. The number of alkyl halides is 1. The van der Waals surface area contributed by atoms with Crippen LogP contribution in [-0.4, -0.2) is 11.8 Å². The van der Waals surface area contributed by atoms with Gasteiger partial charge in [0.1, 0.15) is 12.4 Å². The van der Waals surface area contributed by atoms with Crippen LogP contribution < -0.4 is 5.73 Å². The predicted molar refractivity (Wildman–Crippen MR) is 40.9 cm³/mol. The average molecular weight is 209 g/mol. The third-order valence-corrected chi connectivity index (χ3v) is 1.72. The molecular formula is C8H7F4NO. The van der Waals surface area contributed by atoms with Crippen LogP contribution in [0.3, 0.4) is 0 Å². The van der Waals surface area contributed by atoms with Crippen molar-refractivity contribution in [2.45, 2.75) is 6.04 Å². The lowest BCUT2D eigenvalue weighted by Gasteiger charge is -2.11. The maximum atomic E-state index is 12.9. The van der Waals surface area contributed by atoms with Crippen LogP contribution in [0.25, 0.3) is 0 Å². The van der Waals surface area contributed by atoms with E-state index in [1.165, 1.54) is 0 Å². The molecule has 1 rings (SSSR count). The molecular weight excluding hydrogens is 202 g/mol. The molecule has 0 aliphatic heterocycles. The Bertz CT molecular complexity index is 356. The highest BCUT2D eigenvalue weighted by molar-refractivity contribution is 5.37. The number of halogens is 4. The van der Waals surface area contributed by atoms with Gasteiger partial charge in [0.05, 0.1) is 11.6 Å². The number of hydrogen-bond acceptors (Lipinski definition) is 2. The molecule has 14 heavy (non-hydrogen) atoms. The largest absolute Gasteiger partial charge is 0.507 e. The van der Waals surface area contributed by atoms with Crippen LogP contribution in [0.2, 0.25) is 0 Å². The summed E-state index contributed by atoms with van der Waals surface area (Å²) >= 11 is 0. The van der Waals surface area contributed by atoms with Crippen molar-refractivity contribution in [1.82, 2.24) is 0 Å². The van der Waals surface area contributed by atoms with Gasteiger partial charge in [-0.15, -0.1) is 0 Å². The van der Waals surface area contributed by atoms with E-state index in [1.54, 1.807) is 0 Å². The molecule has 0 spiro atoms. The highest BCUT2D eigenvalue weighted by Crippen LogP contribution is 2.29. The van der Waals surface area contributed by atoms with Gasteiger partial charge in [-0.1, -0.05) is 0 Å². The number of rotatable bonds is 2. The molecule has 0 saturated carbocycles. The highest BCUT2D eigenvalue weighted by Gasteiger charge is 2.22. The zero-order valence-electron chi connectivity index (χ0n) is 6.90. The molecule has 0 unspecified atom stereocenters. The quantitative estimate of drug-likeness (QED) is 0.576. The molecule has 0 aliphatic rings. The van der Waals surface area contributed by atoms with E-state index in [1.807, 2.05) is 0 Å². The average Bonchev–Trinajstić information content (AvgIpc) is 2.14. The summed E-state index contributed by atoms with van der Waals surface area (Å²) in [4.78, 5) is 0. The van der Waals surface area contributed by atoms with Gasteiger partial charge < -0.3 is 10.8 Å². The van der Waals surface area contributed by atoms with Crippen LogP contribution in [-0.2, 0) is 0 Å². The summed E-state index contributed by atoms with van der Waals surface area (Å²) < 4.78 is 50.1. The summed E-state index contributed by atoms with van der Waals surface area (Å²) in [6.45, 7) is -1.18. The van der Waals surface area contributed by atoms with Gasteiger partial charge in [-0.25, -0.2) is 17.6 Å². The van der Waals surface area contributed by atoms with Crippen molar-refractivity contribution in [1.29, 1.82) is 0 Å². The maximum Gasteiger partial charge on any atom is 0.195 e. The Morgan fingerprint density at radius 1 is 1.29 bits per heavy atom. The van der Waals surface area contributed by atoms with Crippen LogP contribution >= 0.6 is 0 Å². The summed E-state index contributed by atoms with van der Waals surface area (Å²) in [6.07, 6.45) is 0. The summed E-state index contributed by atoms with van der Waals surface area (Å²) in [5, 5.41) is 9.00. The van der Waals surface area contributed by atoms with E-state index in [9.17, 15) is 17.6 Å². The van der Waals surface area contributed by atoms with Crippen molar-refractivity contribution in [3.05, 3.63) is 29.1 Å². The lowest BCUT2D eigenvalue weighted by molar-refractivity contribution is 0.376. The van der Waals surface area contributed by atoms with E-state index in [4.69, 9.17) is 10.8 Å². The molecule has 0 aromatic heterocycles. The second-order valence-electron chi connectivity index (χ2n) is 2.68. The van der Waals surface area contributed by atoms with Crippen LogP contribution in [0.5, 0.6) is 5.75 Å². The van der Waals surface area contributed by atoms with Crippen LogP contribution in [0.1, 0.15) is 11.6 Å². The molecule has 1 aromatic carbocycles. The van der Waals surface area contributed by atoms with E-state index < -0.39 is 41.5 Å². The lowest BCUT2D eigenvalue weighted by atomic mass is 10.1. The predicted octanol–water partition coefficient (Wildman–Crippen LogP) is 1.78. The Kier molecular flexibility index (Phi) is 2.95. The molecule has 0 aliphatic carbocycles. The van der Waals surface area contributed by atoms with Gasteiger partial charge in [0.2, 0.25) is 0 Å². The highest BCUT2D eigenvalue weighted by atomic mass is 19.2. The SMILES string of the molecule is N[C@@H](CF)c1c(O)cc(F)c(F)c1F. The van der Waals surface area contributed by atoms with Crippen molar-refractivity contribution >= 4 is 0 Å². The molecule has 0 saturated heterocycles. The lowest BCUT2D eigenvalue weighted by Crippen LogP contribution is -2.15. The first-order valence-electron chi connectivity index (χ1n) is 3.67. The second kappa shape index (κ2) is 3.83. The third kappa shape index (κ3) is 1.65. The van der Waals surface area contributed by atoms with E-state index in [-0.39, 0.29) is 0 Å². The monoisotopic (exact) mass is 209 g/mol. The smallest absolute Gasteiger partial charge is 0.195 e. The molecule has 0 bridgehead atoms. The Hall–Kier alpha value is -1.30. The first kappa shape index (κ1) is 10.8. The van der Waals surface area contributed by atoms with Gasteiger partial charge in [0, 0.05) is 6.07 Å². The van der Waals surface area contributed by atoms with E-state index >= 15 is 0 Å². The second-order valence-corrected chi connectivity index (χ2v) is 2.68. The number of aromatic hydroxyl groups is 1. The first-order valence-corrected chi connectivity index (χ1v) is 3.67. The zero-order valence-corrected chi connectivity index (χ0v) is 6.90. The molecule has 2 nitrogen and oxygen atoms in total. The summed E-state index contributed by atoms with van der Waals surface area (Å²) in [5.41, 5.74) is 4.29. The molecule has 0 radical (unpaired) electrons. The minimum Gasteiger partial charge on any atom is -0.507 e. The van der Waals surface area contributed by atoms with Gasteiger partial charge in [-0.2, -0.15) is 0 Å². The number of nitrogens with two attached hydrogens (primary N) is 1. The van der Waals surface area contributed by atoms with Crippen molar-refractivity contribution in [3.8, 4) is 5.75 Å². The molecule has 0 amide bonds. The molecule has 0 fully saturated rings. The topological polar surface area (TPSA) is 46.2 Å². The molecule has 3 N–H and O–H groups in total. The van der Waals surface area contributed by atoms with Crippen molar-refractivity contribution < 1.29 is 22.7 Å². The van der Waals surface area contributed by atoms with Crippen LogP contribution in [0.4, 0.5) is 17.6 Å². The first-order chi connectivity index (χ1) is 6.49. The molecule has 0 heterocycles. The number of phenolic OH excluding ortho intramolecular Hbond substituents is 1. The van der Waals surface area contributed by atoms with Gasteiger partial charge in [0.25, 0.3) is 0 Å². The Morgan fingerprint density at radius 2 is 1.86 bits per heavy atom. The minimum absolute atomic E-state index is 0.350. The number of hydrogen-bond donors (Lipinski definition) is 2. The zero-order chi connectivity index (χ0) is 10.9. The minimum atomic E-state index is -1.78. The Labute approximate surface area is 77.0 Å². The number of benzene rings is 1. The Morgan fingerprint density at radius 3 is 2.36 bits per heavy atom. The molecule has 78 valence electrons. The van der Waals surface area contributed by atoms with E-state index in [2.05, 4.69) is 0 Å². The van der Waals surface area contributed by atoms with Crippen molar-refractivity contribution in [2.75, 3.05) is 6.67 Å². The molecule has 1 aromatic rings. The van der Waals surface area contributed by atoms with E-state index in [0.29, 0.717) is 6.07 Å². The Balaban J connectivity index is 3.36. The number of phenols is 1. The van der Waals surface area contributed by atoms with Gasteiger partial charge in [-0.3, -0.25) is 0 Å². The summed E-state index contributed by atoms with van der Waals surface area (Å²) in [7, 11) is 0. The summed E-state index contributed by atoms with van der Waals surface area (Å²) in [5.74, 6) is -5.88. The van der Waals surface area contributed by atoms with Crippen LogP contribution in [0.15, 0.2) is 6.07 Å². The van der Waals surface area contributed by atoms with Gasteiger partial charge in [-0.05, 0) is 0 Å². The fourth-order valence-electron chi connectivity index (χ4n) is 1.03. The maximum absolute atomic E-state index is 12.9. The summed E-state index contributed by atoms with van der Waals surface area (Å²) in [6, 6.07) is -1.16. The van der Waals surface area contributed by atoms with Crippen molar-refractivity contribution in [2.24, 2.45) is 5.73 Å². The normalized spacial score (nSPS) is 12.9. The van der Waals surface area contributed by atoms with Crippen LogP contribution in [0, 0.1) is 17.5 Å². The van der Waals surface area contributed by atoms with Gasteiger partial charge >= 0.3 is 0 Å². The third-order valence-electron chi connectivity index (χ3n) is 1.72.